The Hall–Kier alpha value is -3.78. The van der Waals surface area contributed by atoms with E-state index < -0.39 is 0 Å². The maximum Gasteiger partial charge on any atom is 0.253 e. The van der Waals surface area contributed by atoms with Gasteiger partial charge in [-0.05, 0) is 79.6 Å². The number of nitrogens with two attached hydrogens (primary N) is 1. The molecule has 1 saturated heterocycles. The molecule has 0 bridgehead atoms. The molecule has 0 saturated carbocycles. The Morgan fingerprint density at radius 1 is 1.03 bits per heavy atom. The van der Waals surface area contributed by atoms with Crippen molar-refractivity contribution in [2.24, 2.45) is 12.8 Å². The number of fused-ring (bicyclic) bond motifs is 2. The van der Waals surface area contributed by atoms with Crippen molar-refractivity contribution in [2.45, 2.75) is 45.7 Å². The average Bonchev–Trinajstić information content (AvgIpc) is 3.25. The number of benzene rings is 2. The number of carbonyl (C=O) groups is 1. The summed E-state index contributed by atoms with van der Waals surface area (Å²) in [6, 6.07) is 10.8. The number of anilines is 1. The Kier molecular flexibility index (Phi) is 5.91. The van der Waals surface area contributed by atoms with Gasteiger partial charge in [-0.2, -0.15) is 5.10 Å². The SMILES string of the molecule is Cc1cc(-c2cnn(C)c2C)cc2c(N3CCc4ccc(C(=O)N5CCC(N)CC5)cc4C3)ncnc12. The molecule has 0 radical (unpaired) electrons. The van der Waals surface area contributed by atoms with Gasteiger partial charge in [-0.1, -0.05) is 6.07 Å². The van der Waals surface area contributed by atoms with Gasteiger partial charge < -0.3 is 15.5 Å². The molecule has 0 atom stereocenters. The summed E-state index contributed by atoms with van der Waals surface area (Å²) in [5.41, 5.74) is 14.7. The summed E-state index contributed by atoms with van der Waals surface area (Å²) in [6.45, 7) is 7.23. The number of likely N-dealkylation sites (tertiary alicyclic amines) is 1. The van der Waals surface area contributed by atoms with Crippen LogP contribution < -0.4 is 10.6 Å². The number of amides is 1. The van der Waals surface area contributed by atoms with Gasteiger partial charge in [-0.15, -0.1) is 0 Å². The van der Waals surface area contributed by atoms with Gasteiger partial charge in [0.05, 0.1) is 11.7 Å². The smallest absolute Gasteiger partial charge is 0.253 e. The molecule has 8 heteroatoms. The maximum absolute atomic E-state index is 13.2. The molecule has 0 unspecified atom stereocenters. The molecule has 37 heavy (non-hydrogen) atoms. The summed E-state index contributed by atoms with van der Waals surface area (Å²) in [5.74, 6) is 1.04. The molecule has 0 spiro atoms. The minimum Gasteiger partial charge on any atom is -0.351 e. The van der Waals surface area contributed by atoms with Crippen LogP contribution >= 0.6 is 0 Å². The molecule has 1 amide bonds. The van der Waals surface area contributed by atoms with E-state index >= 15 is 0 Å². The van der Waals surface area contributed by atoms with Crippen molar-refractivity contribution < 1.29 is 4.79 Å². The lowest BCUT2D eigenvalue weighted by atomic mass is 9.95. The molecule has 2 N–H and O–H groups in total. The maximum atomic E-state index is 13.2. The van der Waals surface area contributed by atoms with Gasteiger partial charge in [0.1, 0.15) is 12.1 Å². The lowest BCUT2D eigenvalue weighted by molar-refractivity contribution is 0.0714. The minimum atomic E-state index is 0.103. The third-order valence-corrected chi connectivity index (χ3v) is 8.05. The fourth-order valence-electron chi connectivity index (χ4n) is 5.68. The molecule has 1 fully saturated rings. The first kappa shape index (κ1) is 23.6. The number of carbonyl (C=O) groups excluding carboxylic acids is 1. The summed E-state index contributed by atoms with van der Waals surface area (Å²) in [5, 5.41) is 5.48. The van der Waals surface area contributed by atoms with E-state index in [0.29, 0.717) is 6.54 Å². The zero-order valence-corrected chi connectivity index (χ0v) is 21.7. The summed E-state index contributed by atoms with van der Waals surface area (Å²) < 4.78 is 1.90. The van der Waals surface area contributed by atoms with Crippen LogP contribution in [0, 0.1) is 13.8 Å². The summed E-state index contributed by atoms with van der Waals surface area (Å²) >= 11 is 0. The molecule has 190 valence electrons. The van der Waals surface area contributed by atoms with Crippen molar-refractivity contribution in [3.05, 3.63) is 70.8 Å². The van der Waals surface area contributed by atoms with Gasteiger partial charge in [-0.25, -0.2) is 9.97 Å². The fourth-order valence-corrected chi connectivity index (χ4v) is 5.68. The van der Waals surface area contributed by atoms with Gasteiger partial charge in [0.15, 0.2) is 0 Å². The highest BCUT2D eigenvalue weighted by Gasteiger charge is 2.25. The first-order valence-electron chi connectivity index (χ1n) is 13.0. The second-order valence-corrected chi connectivity index (χ2v) is 10.4. The predicted molar refractivity (Wildman–Crippen MR) is 146 cm³/mol. The summed E-state index contributed by atoms with van der Waals surface area (Å²) in [6.07, 6.45) is 6.23. The molecular formula is C29H33N7O. The highest BCUT2D eigenvalue weighted by molar-refractivity contribution is 5.96. The zero-order valence-electron chi connectivity index (χ0n) is 21.7. The van der Waals surface area contributed by atoms with Crippen LogP contribution in [0.5, 0.6) is 0 Å². The molecule has 4 heterocycles. The number of piperidine rings is 1. The van der Waals surface area contributed by atoms with Crippen LogP contribution in [0.25, 0.3) is 22.0 Å². The molecule has 2 aromatic heterocycles. The Morgan fingerprint density at radius 2 is 1.84 bits per heavy atom. The Morgan fingerprint density at radius 3 is 2.59 bits per heavy atom. The Bertz CT molecular complexity index is 1500. The molecule has 8 nitrogen and oxygen atoms in total. The molecule has 6 rings (SSSR count). The number of hydrogen-bond acceptors (Lipinski definition) is 6. The number of rotatable bonds is 3. The second kappa shape index (κ2) is 9.27. The first-order valence-corrected chi connectivity index (χ1v) is 13.0. The van der Waals surface area contributed by atoms with Crippen LogP contribution in [0.1, 0.15) is 45.6 Å². The number of hydrogen-bond donors (Lipinski definition) is 1. The molecule has 0 aliphatic carbocycles. The van der Waals surface area contributed by atoms with Crippen molar-refractivity contribution >= 4 is 22.6 Å². The number of aryl methyl sites for hydroxylation is 2. The van der Waals surface area contributed by atoms with Gasteiger partial charge in [0.2, 0.25) is 0 Å². The van der Waals surface area contributed by atoms with Gasteiger partial charge in [0.25, 0.3) is 5.91 Å². The molecular weight excluding hydrogens is 462 g/mol. The lowest BCUT2D eigenvalue weighted by Crippen LogP contribution is -2.43. The highest BCUT2D eigenvalue weighted by Crippen LogP contribution is 2.34. The monoisotopic (exact) mass is 495 g/mol. The highest BCUT2D eigenvalue weighted by atomic mass is 16.2. The van der Waals surface area contributed by atoms with Crippen molar-refractivity contribution in [1.82, 2.24) is 24.6 Å². The normalized spacial score (nSPS) is 16.3. The predicted octanol–water partition coefficient (Wildman–Crippen LogP) is 3.77. The summed E-state index contributed by atoms with van der Waals surface area (Å²) in [4.78, 5) is 26.8. The van der Waals surface area contributed by atoms with E-state index in [1.54, 1.807) is 6.33 Å². The topological polar surface area (TPSA) is 93.2 Å². The van der Waals surface area contributed by atoms with E-state index in [9.17, 15) is 4.79 Å². The summed E-state index contributed by atoms with van der Waals surface area (Å²) in [7, 11) is 1.96. The van der Waals surface area contributed by atoms with Crippen LogP contribution in [0.3, 0.4) is 0 Å². The van der Waals surface area contributed by atoms with Crippen LogP contribution in [0.2, 0.25) is 0 Å². The quantitative estimate of drug-likeness (QED) is 0.465. The second-order valence-electron chi connectivity index (χ2n) is 10.4. The first-order chi connectivity index (χ1) is 17.9. The van der Waals surface area contributed by atoms with E-state index in [1.165, 1.54) is 11.1 Å². The minimum absolute atomic E-state index is 0.103. The van der Waals surface area contributed by atoms with Crippen molar-refractivity contribution in [1.29, 1.82) is 0 Å². The average molecular weight is 496 g/mol. The molecule has 4 aromatic rings. The van der Waals surface area contributed by atoms with Crippen molar-refractivity contribution in [3.8, 4) is 11.1 Å². The van der Waals surface area contributed by atoms with E-state index in [2.05, 4.69) is 53.1 Å². The van der Waals surface area contributed by atoms with Crippen LogP contribution in [0.4, 0.5) is 5.82 Å². The Labute approximate surface area is 217 Å². The number of aromatic nitrogens is 4. The lowest BCUT2D eigenvalue weighted by Gasteiger charge is -2.32. The third-order valence-electron chi connectivity index (χ3n) is 8.05. The van der Waals surface area contributed by atoms with E-state index in [4.69, 9.17) is 10.7 Å². The number of nitrogens with zero attached hydrogens (tertiary/aromatic N) is 6. The van der Waals surface area contributed by atoms with Crippen molar-refractivity contribution in [3.63, 3.8) is 0 Å². The van der Waals surface area contributed by atoms with Crippen LogP contribution in [0.15, 0.2) is 42.9 Å². The van der Waals surface area contributed by atoms with Gasteiger partial charge in [-0.3, -0.25) is 9.48 Å². The van der Waals surface area contributed by atoms with Crippen LogP contribution in [-0.4, -0.2) is 56.2 Å². The standard InChI is InChI=1S/C29H33N7O/c1-18-12-22(26-15-33-34(3)19(26)2)14-25-27(18)31-17-32-28(25)36-9-6-20-4-5-21(13-23(20)16-36)29(37)35-10-7-24(30)8-11-35/h4-5,12-15,17,24H,6-11,16,30H2,1-3H3. The molecule has 2 aliphatic rings. The fraction of sp³-hybridized carbons (Fsp3) is 0.379. The zero-order chi connectivity index (χ0) is 25.7. The van der Waals surface area contributed by atoms with Crippen LogP contribution in [-0.2, 0) is 20.0 Å². The third kappa shape index (κ3) is 4.25. The van der Waals surface area contributed by atoms with Gasteiger partial charge in [0, 0.05) is 61.5 Å². The largest absolute Gasteiger partial charge is 0.351 e. The van der Waals surface area contributed by atoms with E-state index in [1.807, 2.05) is 28.9 Å². The van der Waals surface area contributed by atoms with E-state index in [-0.39, 0.29) is 11.9 Å². The van der Waals surface area contributed by atoms with Gasteiger partial charge >= 0.3 is 0 Å². The van der Waals surface area contributed by atoms with E-state index in [0.717, 1.165) is 83.6 Å². The van der Waals surface area contributed by atoms with Crippen molar-refractivity contribution in [2.75, 3.05) is 24.5 Å². The molecule has 2 aromatic carbocycles. The Balaban J connectivity index is 1.33. The molecule has 2 aliphatic heterocycles.